The minimum atomic E-state index is -0.251. The molecule has 0 bridgehead atoms. The molecule has 2 aliphatic heterocycles. The van der Waals surface area contributed by atoms with Gasteiger partial charge in [-0.2, -0.15) is 5.10 Å². The zero-order valence-electron chi connectivity index (χ0n) is 16.6. The van der Waals surface area contributed by atoms with E-state index < -0.39 is 0 Å². The summed E-state index contributed by atoms with van der Waals surface area (Å²) in [5, 5.41) is 8.31. The smallest absolute Gasteiger partial charge is 0.238 e. The molecule has 152 valence electrons. The van der Waals surface area contributed by atoms with Crippen LogP contribution in [0.2, 0.25) is 0 Å². The normalized spacial score (nSPS) is 20.5. The third kappa shape index (κ3) is 3.98. The number of amides is 1. The van der Waals surface area contributed by atoms with Crippen LogP contribution in [0.5, 0.6) is 0 Å². The first-order valence-corrected chi connectivity index (χ1v) is 11.0. The second kappa shape index (κ2) is 7.91. The number of nitrogens with zero attached hydrogens (tertiary/aromatic N) is 4. The van der Waals surface area contributed by atoms with E-state index >= 15 is 0 Å². The van der Waals surface area contributed by atoms with Gasteiger partial charge in [-0.15, -0.1) is 11.8 Å². The molecule has 2 aromatic rings. The maximum atomic E-state index is 13.4. The SMILES string of the molecule is CC1(C)SCN(CCCCN2CCN(c3n[nH]c4cc(F)ccc34)CC2)C1=O. The van der Waals surface area contributed by atoms with E-state index in [1.165, 1.54) is 12.1 Å². The minimum Gasteiger partial charge on any atom is -0.352 e. The number of fused-ring (bicyclic) bond motifs is 1. The second-order valence-electron chi connectivity index (χ2n) is 8.13. The van der Waals surface area contributed by atoms with E-state index in [2.05, 4.69) is 20.0 Å². The van der Waals surface area contributed by atoms with Crippen LogP contribution in [0.3, 0.4) is 0 Å². The average molecular weight is 406 g/mol. The van der Waals surface area contributed by atoms with Crippen molar-refractivity contribution >= 4 is 34.4 Å². The van der Waals surface area contributed by atoms with Crippen LogP contribution in [0.15, 0.2) is 18.2 Å². The Bertz CT molecular complexity index is 846. The Morgan fingerprint density at radius 2 is 1.93 bits per heavy atom. The standard InChI is InChI=1S/C20H28FN5OS/c1-20(2)19(27)26(14-28-20)8-4-3-7-24-9-11-25(12-10-24)18-16-6-5-15(21)13-17(16)22-23-18/h5-6,13H,3-4,7-12,14H2,1-2H3,(H,22,23). The molecule has 1 aromatic carbocycles. The molecule has 2 saturated heterocycles. The number of carbonyl (C=O) groups excluding carboxylic acids is 1. The Labute approximate surface area is 169 Å². The highest BCUT2D eigenvalue weighted by atomic mass is 32.2. The highest BCUT2D eigenvalue weighted by Gasteiger charge is 2.38. The van der Waals surface area contributed by atoms with Crippen molar-refractivity contribution in [2.45, 2.75) is 31.4 Å². The van der Waals surface area contributed by atoms with Crippen LogP contribution in [0.1, 0.15) is 26.7 Å². The molecule has 1 aromatic heterocycles. The number of aromatic amines is 1. The van der Waals surface area contributed by atoms with Crippen LogP contribution in [-0.4, -0.2) is 75.8 Å². The topological polar surface area (TPSA) is 55.5 Å². The number of hydrogen-bond acceptors (Lipinski definition) is 5. The molecular weight excluding hydrogens is 377 g/mol. The fourth-order valence-corrected chi connectivity index (χ4v) is 4.92. The summed E-state index contributed by atoms with van der Waals surface area (Å²) in [6, 6.07) is 4.78. The highest BCUT2D eigenvalue weighted by molar-refractivity contribution is 8.01. The molecule has 2 aliphatic rings. The van der Waals surface area contributed by atoms with E-state index in [4.69, 9.17) is 0 Å². The number of hydrogen-bond donors (Lipinski definition) is 1. The first-order valence-electron chi connectivity index (χ1n) is 9.98. The van der Waals surface area contributed by atoms with E-state index in [9.17, 15) is 9.18 Å². The quantitative estimate of drug-likeness (QED) is 0.749. The van der Waals surface area contributed by atoms with Crippen molar-refractivity contribution in [1.82, 2.24) is 20.0 Å². The van der Waals surface area contributed by atoms with E-state index in [-0.39, 0.29) is 16.5 Å². The Morgan fingerprint density at radius 1 is 1.18 bits per heavy atom. The molecule has 0 saturated carbocycles. The number of piperazine rings is 1. The first-order chi connectivity index (χ1) is 13.4. The van der Waals surface area contributed by atoms with Gasteiger partial charge < -0.3 is 9.80 Å². The average Bonchev–Trinajstić information content (AvgIpc) is 3.20. The summed E-state index contributed by atoms with van der Waals surface area (Å²) in [7, 11) is 0. The zero-order valence-corrected chi connectivity index (χ0v) is 17.4. The van der Waals surface area contributed by atoms with Crippen LogP contribution < -0.4 is 4.90 Å². The molecule has 0 spiro atoms. The summed E-state index contributed by atoms with van der Waals surface area (Å²) in [4.78, 5) is 19.0. The molecule has 28 heavy (non-hydrogen) atoms. The molecule has 1 N–H and O–H groups in total. The first kappa shape index (κ1) is 19.5. The van der Waals surface area contributed by atoms with E-state index in [1.54, 1.807) is 17.8 Å². The molecule has 0 unspecified atom stereocenters. The predicted octanol–water partition coefficient (Wildman–Crippen LogP) is 2.92. The fourth-order valence-electron chi connectivity index (χ4n) is 3.95. The number of carbonyl (C=O) groups is 1. The lowest BCUT2D eigenvalue weighted by Gasteiger charge is -2.35. The lowest BCUT2D eigenvalue weighted by molar-refractivity contribution is -0.130. The molecule has 0 radical (unpaired) electrons. The summed E-state index contributed by atoms with van der Waals surface area (Å²) in [6.45, 7) is 9.81. The summed E-state index contributed by atoms with van der Waals surface area (Å²) in [5.41, 5.74) is 0.746. The van der Waals surface area contributed by atoms with Crippen molar-refractivity contribution in [3.8, 4) is 0 Å². The number of nitrogens with one attached hydrogen (secondary N) is 1. The number of anilines is 1. The zero-order chi connectivity index (χ0) is 19.7. The van der Waals surface area contributed by atoms with E-state index in [0.29, 0.717) is 0 Å². The highest BCUT2D eigenvalue weighted by Crippen LogP contribution is 2.34. The van der Waals surface area contributed by atoms with E-state index in [1.807, 2.05) is 18.7 Å². The largest absolute Gasteiger partial charge is 0.352 e. The van der Waals surface area contributed by atoms with Gasteiger partial charge in [0, 0.05) is 38.1 Å². The van der Waals surface area contributed by atoms with Gasteiger partial charge in [-0.05, 0) is 51.4 Å². The van der Waals surface area contributed by atoms with Crippen LogP contribution in [-0.2, 0) is 4.79 Å². The number of unbranched alkanes of at least 4 members (excludes halogenated alkanes) is 1. The summed E-state index contributed by atoms with van der Waals surface area (Å²) < 4.78 is 13.1. The number of benzene rings is 1. The number of aromatic nitrogens is 2. The Balaban J connectivity index is 1.21. The van der Waals surface area contributed by atoms with Gasteiger partial charge in [-0.3, -0.25) is 14.8 Å². The van der Waals surface area contributed by atoms with Crippen molar-refractivity contribution in [1.29, 1.82) is 0 Å². The Morgan fingerprint density at radius 3 is 2.64 bits per heavy atom. The van der Waals surface area contributed by atoms with Crippen molar-refractivity contribution in [3.05, 3.63) is 24.0 Å². The van der Waals surface area contributed by atoms with Gasteiger partial charge in [-0.25, -0.2) is 4.39 Å². The molecular formula is C20H28FN5OS. The Hall–Kier alpha value is -1.80. The van der Waals surface area contributed by atoms with Crippen LogP contribution in [0.4, 0.5) is 10.2 Å². The van der Waals surface area contributed by atoms with Gasteiger partial charge in [0.15, 0.2) is 5.82 Å². The van der Waals surface area contributed by atoms with Gasteiger partial charge in [0.05, 0.1) is 16.1 Å². The maximum Gasteiger partial charge on any atom is 0.238 e. The number of thioether (sulfide) groups is 1. The number of rotatable bonds is 6. The van der Waals surface area contributed by atoms with Gasteiger partial charge >= 0.3 is 0 Å². The number of H-pyrrole nitrogens is 1. The van der Waals surface area contributed by atoms with Crippen molar-refractivity contribution in [2.75, 3.05) is 50.0 Å². The van der Waals surface area contributed by atoms with Crippen molar-refractivity contribution in [3.63, 3.8) is 0 Å². The summed E-state index contributed by atoms with van der Waals surface area (Å²) in [6.07, 6.45) is 2.16. The van der Waals surface area contributed by atoms with Gasteiger partial charge in [0.1, 0.15) is 5.82 Å². The third-order valence-electron chi connectivity index (χ3n) is 5.71. The van der Waals surface area contributed by atoms with Crippen molar-refractivity contribution < 1.29 is 9.18 Å². The maximum absolute atomic E-state index is 13.4. The molecule has 0 atom stereocenters. The molecule has 4 rings (SSSR count). The summed E-state index contributed by atoms with van der Waals surface area (Å²) in [5.74, 6) is 1.77. The van der Waals surface area contributed by atoms with Gasteiger partial charge in [0.2, 0.25) is 5.91 Å². The van der Waals surface area contributed by atoms with Crippen LogP contribution >= 0.6 is 11.8 Å². The fraction of sp³-hybridized carbons (Fsp3) is 0.600. The minimum absolute atomic E-state index is 0.245. The van der Waals surface area contributed by atoms with Crippen LogP contribution in [0, 0.1) is 5.82 Å². The molecule has 2 fully saturated rings. The monoisotopic (exact) mass is 405 g/mol. The summed E-state index contributed by atoms with van der Waals surface area (Å²) >= 11 is 1.73. The van der Waals surface area contributed by atoms with E-state index in [0.717, 1.165) is 74.7 Å². The predicted molar refractivity (Wildman–Crippen MR) is 112 cm³/mol. The lowest BCUT2D eigenvalue weighted by Crippen LogP contribution is -2.47. The Kier molecular flexibility index (Phi) is 5.51. The molecule has 1 amide bonds. The molecule has 0 aliphatic carbocycles. The molecule has 3 heterocycles. The van der Waals surface area contributed by atoms with Crippen LogP contribution in [0.25, 0.3) is 10.9 Å². The third-order valence-corrected chi connectivity index (χ3v) is 7.05. The molecule has 8 heteroatoms. The second-order valence-corrected chi connectivity index (χ2v) is 9.69. The number of halogens is 1. The molecule has 6 nitrogen and oxygen atoms in total. The van der Waals surface area contributed by atoms with Gasteiger partial charge in [-0.1, -0.05) is 0 Å². The lowest BCUT2D eigenvalue weighted by atomic mass is 10.1. The van der Waals surface area contributed by atoms with Gasteiger partial charge in [0.25, 0.3) is 0 Å². The van der Waals surface area contributed by atoms with Crippen molar-refractivity contribution in [2.24, 2.45) is 0 Å².